The zero-order chi connectivity index (χ0) is 7.61. The molecule has 1 rings (SSSR count). The molecule has 1 fully saturated rings. The molecule has 1 aliphatic rings. The van der Waals surface area contributed by atoms with E-state index in [1.807, 2.05) is 0 Å². The highest BCUT2D eigenvalue weighted by Crippen LogP contribution is 2.26. The fraction of sp³-hybridized carbons (Fsp3) is 1.00. The number of nitrogens with zero attached hydrogens (tertiary/aromatic N) is 1. The molecule has 0 saturated carbocycles. The third-order valence-electron chi connectivity index (χ3n) is 2.30. The number of aliphatic hydroxyl groups is 1. The van der Waals surface area contributed by atoms with E-state index in [0.29, 0.717) is 0 Å². The standard InChI is InChI=1S/C7H14INO/c1-2-7(10)3-5-9(8)6-4-7/h10H,2-6H2,1H3. The second kappa shape index (κ2) is 3.36. The van der Waals surface area contributed by atoms with E-state index >= 15 is 0 Å². The van der Waals surface area contributed by atoms with Crippen LogP contribution in [0.5, 0.6) is 0 Å². The van der Waals surface area contributed by atoms with E-state index in [2.05, 4.69) is 32.9 Å². The third-order valence-corrected chi connectivity index (χ3v) is 3.26. The maximum absolute atomic E-state index is 9.77. The highest BCUT2D eigenvalue weighted by molar-refractivity contribution is 14.1. The quantitative estimate of drug-likeness (QED) is 0.568. The predicted molar refractivity (Wildman–Crippen MR) is 50.1 cm³/mol. The summed E-state index contributed by atoms with van der Waals surface area (Å²) < 4.78 is 2.24. The molecular formula is C7H14INO. The highest BCUT2D eigenvalue weighted by Gasteiger charge is 2.29. The molecule has 1 aliphatic heterocycles. The van der Waals surface area contributed by atoms with Gasteiger partial charge in [0.25, 0.3) is 0 Å². The van der Waals surface area contributed by atoms with E-state index in [9.17, 15) is 5.11 Å². The lowest BCUT2D eigenvalue weighted by atomic mass is 9.90. The van der Waals surface area contributed by atoms with E-state index in [1.54, 1.807) is 0 Å². The van der Waals surface area contributed by atoms with Gasteiger partial charge in [0.1, 0.15) is 0 Å². The van der Waals surface area contributed by atoms with Crippen LogP contribution in [0.3, 0.4) is 0 Å². The average Bonchev–Trinajstić information content (AvgIpc) is 1.96. The normalized spacial score (nSPS) is 26.7. The molecule has 0 amide bonds. The first-order valence-electron chi connectivity index (χ1n) is 3.79. The van der Waals surface area contributed by atoms with Crippen molar-refractivity contribution in [3.63, 3.8) is 0 Å². The molecule has 0 bridgehead atoms. The molecule has 2 nitrogen and oxygen atoms in total. The van der Waals surface area contributed by atoms with Crippen LogP contribution < -0.4 is 0 Å². The van der Waals surface area contributed by atoms with Crippen molar-refractivity contribution in [3.8, 4) is 0 Å². The van der Waals surface area contributed by atoms with Gasteiger partial charge in [-0.2, -0.15) is 0 Å². The van der Waals surface area contributed by atoms with Gasteiger partial charge in [-0.3, -0.25) is 0 Å². The lowest BCUT2D eigenvalue weighted by molar-refractivity contribution is -0.00380. The molecule has 3 heteroatoms. The monoisotopic (exact) mass is 255 g/mol. The smallest absolute Gasteiger partial charge is 0.0670 e. The molecule has 0 unspecified atom stereocenters. The van der Waals surface area contributed by atoms with Crippen LogP contribution in [-0.4, -0.2) is 26.9 Å². The van der Waals surface area contributed by atoms with Crippen molar-refractivity contribution >= 4 is 22.9 Å². The van der Waals surface area contributed by atoms with Gasteiger partial charge in [0.2, 0.25) is 0 Å². The second-order valence-electron chi connectivity index (χ2n) is 2.99. The molecule has 1 heterocycles. The van der Waals surface area contributed by atoms with Crippen molar-refractivity contribution in [1.29, 1.82) is 0 Å². The Morgan fingerprint density at radius 1 is 1.50 bits per heavy atom. The Bertz CT molecular complexity index is 110. The molecule has 60 valence electrons. The van der Waals surface area contributed by atoms with Crippen molar-refractivity contribution < 1.29 is 5.11 Å². The predicted octanol–water partition coefficient (Wildman–Crippen LogP) is 1.57. The van der Waals surface area contributed by atoms with Gasteiger partial charge in [-0.05, 0) is 19.3 Å². The Hall–Kier alpha value is 0.650. The summed E-state index contributed by atoms with van der Waals surface area (Å²) in [5.41, 5.74) is -0.346. The molecular weight excluding hydrogens is 241 g/mol. The SMILES string of the molecule is CCC1(O)CCN(I)CC1. The maximum Gasteiger partial charge on any atom is 0.0670 e. The summed E-state index contributed by atoms with van der Waals surface area (Å²) in [5.74, 6) is 0. The van der Waals surface area contributed by atoms with Crippen molar-refractivity contribution in [3.05, 3.63) is 0 Å². The number of hydrogen-bond acceptors (Lipinski definition) is 2. The molecule has 0 radical (unpaired) electrons. The number of halogens is 1. The van der Waals surface area contributed by atoms with Crippen LogP contribution in [0.4, 0.5) is 0 Å². The molecule has 10 heavy (non-hydrogen) atoms. The van der Waals surface area contributed by atoms with E-state index < -0.39 is 0 Å². The highest BCUT2D eigenvalue weighted by atomic mass is 127. The molecule has 1 N–H and O–H groups in total. The first-order chi connectivity index (χ1) is 4.66. The van der Waals surface area contributed by atoms with Gasteiger partial charge in [0, 0.05) is 36.0 Å². The van der Waals surface area contributed by atoms with Crippen molar-refractivity contribution in [1.82, 2.24) is 3.11 Å². The van der Waals surface area contributed by atoms with Crippen molar-refractivity contribution in [2.45, 2.75) is 31.8 Å². The Morgan fingerprint density at radius 2 is 2.00 bits per heavy atom. The van der Waals surface area contributed by atoms with Gasteiger partial charge in [0.05, 0.1) is 5.60 Å². The van der Waals surface area contributed by atoms with Gasteiger partial charge in [0.15, 0.2) is 0 Å². The van der Waals surface area contributed by atoms with Gasteiger partial charge in [-0.1, -0.05) is 6.92 Å². The molecule has 0 aliphatic carbocycles. The molecule has 0 aromatic rings. The van der Waals surface area contributed by atoms with Crippen LogP contribution in [0.15, 0.2) is 0 Å². The molecule has 0 aromatic carbocycles. The largest absolute Gasteiger partial charge is 0.390 e. The van der Waals surface area contributed by atoms with Crippen LogP contribution in [-0.2, 0) is 0 Å². The maximum atomic E-state index is 9.77. The Morgan fingerprint density at radius 3 is 2.40 bits per heavy atom. The second-order valence-corrected chi connectivity index (χ2v) is 4.35. The summed E-state index contributed by atoms with van der Waals surface area (Å²) in [5, 5.41) is 9.77. The van der Waals surface area contributed by atoms with E-state index in [0.717, 1.165) is 32.4 Å². The van der Waals surface area contributed by atoms with E-state index in [1.165, 1.54) is 0 Å². The van der Waals surface area contributed by atoms with Crippen LogP contribution in [0.1, 0.15) is 26.2 Å². The number of hydrogen-bond donors (Lipinski definition) is 1. The van der Waals surface area contributed by atoms with Gasteiger partial charge >= 0.3 is 0 Å². The van der Waals surface area contributed by atoms with Crippen LogP contribution in [0.25, 0.3) is 0 Å². The minimum absolute atomic E-state index is 0.346. The summed E-state index contributed by atoms with van der Waals surface area (Å²) in [4.78, 5) is 0. The summed E-state index contributed by atoms with van der Waals surface area (Å²) in [6, 6.07) is 0. The summed E-state index contributed by atoms with van der Waals surface area (Å²) in [6.07, 6.45) is 2.77. The number of piperidine rings is 1. The first-order valence-corrected chi connectivity index (χ1v) is 4.76. The lowest BCUT2D eigenvalue weighted by Gasteiger charge is -2.34. The molecule has 1 saturated heterocycles. The lowest BCUT2D eigenvalue weighted by Crippen LogP contribution is -2.39. The summed E-state index contributed by atoms with van der Waals surface area (Å²) >= 11 is 2.31. The fourth-order valence-electron chi connectivity index (χ4n) is 1.25. The first kappa shape index (κ1) is 8.74. The van der Waals surface area contributed by atoms with Crippen molar-refractivity contribution in [2.75, 3.05) is 13.1 Å². The third kappa shape index (κ3) is 2.07. The summed E-state index contributed by atoms with van der Waals surface area (Å²) in [7, 11) is 0. The van der Waals surface area contributed by atoms with Crippen LogP contribution in [0.2, 0.25) is 0 Å². The summed E-state index contributed by atoms with van der Waals surface area (Å²) in [6.45, 7) is 4.12. The Labute approximate surface area is 76.1 Å². The minimum Gasteiger partial charge on any atom is -0.390 e. The fourth-order valence-corrected chi connectivity index (χ4v) is 1.73. The van der Waals surface area contributed by atoms with Gasteiger partial charge < -0.3 is 5.11 Å². The zero-order valence-electron chi connectivity index (χ0n) is 6.31. The Kier molecular flexibility index (Phi) is 2.94. The van der Waals surface area contributed by atoms with Crippen LogP contribution >= 0.6 is 22.9 Å². The molecule has 0 spiro atoms. The van der Waals surface area contributed by atoms with Gasteiger partial charge in [-0.25, -0.2) is 3.11 Å². The molecule has 0 aromatic heterocycles. The van der Waals surface area contributed by atoms with E-state index in [4.69, 9.17) is 0 Å². The zero-order valence-corrected chi connectivity index (χ0v) is 8.47. The van der Waals surface area contributed by atoms with E-state index in [-0.39, 0.29) is 5.60 Å². The van der Waals surface area contributed by atoms with Crippen molar-refractivity contribution in [2.24, 2.45) is 0 Å². The minimum atomic E-state index is -0.346. The van der Waals surface area contributed by atoms with Crippen LogP contribution in [0, 0.1) is 0 Å². The average molecular weight is 255 g/mol. The Balaban J connectivity index is 2.38. The molecule has 0 atom stereocenters. The topological polar surface area (TPSA) is 23.5 Å². The van der Waals surface area contributed by atoms with Gasteiger partial charge in [-0.15, -0.1) is 0 Å². The number of rotatable bonds is 1.